The number of imidazole rings is 1. The number of morpholine rings is 1. The van der Waals surface area contributed by atoms with Crippen molar-refractivity contribution in [3.8, 4) is 17.1 Å². The highest BCUT2D eigenvalue weighted by molar-refractivity contribution is 5.85. The summed E-state index contributed by atoms with van der Waals surface area (Å²) >= 11 is 0. The van der Waals surface area contributed by atoms with Gasteiger partial charge in [-0.3, -0.25) is 0 Å². The summed E-state index contributed by atoms with van der Waals surface area (Å²) in [5.41, 5.74) is 1.81. The maximum Gasteiger partial charge on any atom is 0.416 e. The summed E-state index contributed by atoms with van der Waals surface area (Å²) < 4.78 is 52.2. The number of aromatic nitrogens is 5. The number of alkyl halides is 3. The van der Waals surface area contributed by atoms with E-state index in [2.05, 4.69) is 20.2 Å². The van der Waals surface area contributed by atoms with Crippen molar-refractivity contribution in [3.63, 3.8) is 0 Å². The third-order valence-corrected chi connectivity index (χ3v) is 6.85. The Hall–Kier alpha value is -4.71. The van der Waals surface area contributed by atoms with Gasteiger partial charge in [-0.2, -0.15) is 13.2 Å². The van der Waals surface area contributed by atoms with Crippen molar-refractivity contribution in [2.75, 3.05) is 49.7 Å². The second-order valence-corrected chi connectivity index (χ2v) is 9.73. The zero-order valence-electron chi connectivity index (χ0n) is 22.6. The number of hydrogen-bond donors (Lipinski definition) is 1. The zero-order valence-corrected chi connectivity index (χ0v) is 22.6. The van der Waals surface area contributed by atoms with Gasteiger partial charge in [0.25, 0.3) is 0 Å². The minimum absolute atomic E-state index is 0.288. The fourth-order valence-electron chi connectivity index (χ4n) is 4.66. The van der Waals surface area contributed by atoms with Gasteiger partial charge >= 0.3 is 6.18 Å². The molecule has 0 amide bonds. The number of hydrogen-bond acceptors (Lipinski definition) is 8. The number of anilines is 2. The first-order chi connectivity index (χ1) is 20.4. The molecule has 12 heteroatoms. The Labute approximate surface area is 240 Å². The maximum atomic E-state index is 13.0. The molecule has 0 radical (unpaired) electrons. The zero-order chi connectivity index (χ0) is 28.9. The van der Waals surface area contributed by atoms with Crippen LogP contribution in [0.15, 0.2) is 79.3 Å². The van der Waals surface area contributed by atoms with E-state index in [0.717, 1.165) is 42.4 Å². The maximum absolute atomic E-state index is 13.0. The molecule has 3 aromatic heterocycles. The monoisotopic (exact) mass is 575 g/mol. The van der Waals surface area contributed by atoms with E-state index in [1.54, 1.807) is 17.1 Å². The van der Waals surface area contributed by atoms with Gasteiger partial charge in [0.15, 0.2) is 17.3 Å². The van der Waals surface area contributed by atoms with Gasteiger partial charge < -0.3 is 24.3 Å². The van der Waals surface area contributed by atoms with Crippen LogP contribution in [0.2, 0.25) is 0 Å². The Morgan fingerprint density at radius 2 is 1.69 bits per heavy atom. The number of ether oxygens (including phenoxy) is 2. The highest BCUT2D eigenvalue weighted by Gasteiger charge is 2.30. The fourth-order valence-corrected chi connectivity index (χ4v) is 4.66. The van der Waals surface area contributed by atoms with Gasteiger partial charge in [-0.05, 0) is 42.0 Å². The predicted molar refractivity (Wildman–Crippen MR) is 153 cm³/mol. The number of rotatable bonds is 9. The first-order valence-electron chi connectivity index (χ1n) is 13.5. The van der Waals surface area contributed by atoms with Crippen molar-refractivity contribution < 1.29 is 22.6 Å². The third kappa shape index (κ3) is 6.28. The molecule has 2 aromatic carbocycles. The Bertz CT molecular complexity index is 1620. The standard InChI is InChI=1S/C30H28F3N7O2/c31-30(32,33)23-9-6-21(7-10-23)19-40-20-36-26-28(34-12-15-42-24-4-2-1-3-5-24)37-27(38-29(26)40)22-8-11-25(35-18-22)39-13-16-41-17-14-39/h1-11,18,20H,12-17,19H2,(H,34,37,38). The number of para-hydroxylation sites is 1. The lowest BCUT2D eigenvalue weighted by molar-refractivity contribution is -0.137. The predicted octanol–water partition coefficient (Wildman–Crippen LogP) is 5.28. The molecule has 9 nitrogen and oxygen atoms in total. The lowest BCUT2D eigenvalue weighted by Gasteiger charge is -2.27. The summed E-state index contributed by atoms with van der Waals surface area (Å²) in [5, 5.41) is 3.31. The summed E-state index contributed by atoms with van der Waals surface area (Å²) in [6.07, 6.45) is -1.03. The van der Waals surface area contributed by atoms with E-state index in [1.165, 1.54) is 12.1 Å². The van der Waals surface area contributed by atoms with Crippen LogP contribution in [0.3, 0.4) is 0 Å². The Kier molecular flexibility index (Phi) is 7.87. The molecule has 1 saturated heterocycles. The molecule has 42 heavy (non-hydrogen) atoms. The van der Waals surface area contributed by atoms with Crippen molar-refractivity contribution in [2.45, 2.75) is 12.7 Å². The number of nitrogens with one attached hydrogen (secondary N) is 1. The van der Waals surface area contributed by atoms with Gasteiger partial charge in [-0.1, -0.05) is 30.3 Å². The van der Waals surface area contributed by atoms with Gasteiger partial charge in [-0.25, -0.2) is 19.9 Å². The highest BCUT2D eigenvalue weighted by atomic mass is 19.4. The molecule has 0 bridgehead atoms. The van der Waals surface area contributed by atoms with Crippen LogP contribution in [0.25, 0.3) is 22.6 Å². The van der Waals surface area contributed by atoms with Crippen LogP contribution in [-0.2, 0) is 17.5 Å². The first kappa shape index (κ1) is 27.5. The molecular weight excluding hydrogens is 547 g/mol. The molecule has 1 N–H and O–H groups in total. The van der Waals surface area contributed by atoms with E-state index >= 15 is 0 Å². The topological polar surface area (TPSA) is 90.2 Å². The van der Waals surface area contributed by atoms with Gasteiger partial charge in [0.1, 0.15) is 23.7 Å². The molecule has 216 valence electrons. The van der Waals surface area contributed by atoms with Crippen LogP contribution in [0.4, 0.5) is 24.8 Å². The van der Waals surface area contributed by atoms with Crippen molar-refractivity contribution in [1.82, 2.24) is 24.5 Å². The molecule has 0 unspecified atom stereocenters. The average Bonchev–Trinajstić information content (AvgIpc) is 3.42. The number of halogens is 3. The molecule has 0 spiro atoms. The average molecular weight is 576 g/mol. The normalized spacial score (nSPS) is 13.8. The highest BCUT2D eigenvalue weighted by Crippen LogP contribution is 2.30. The third-order valence-electron chi connectivity index (χ3n) is 6.85. The van der Waals surface area contributed by atoms with Gasteiger partial charge in [0, 0.05) is 24.8 Å². The SMILES string of the molecule is FC(F)(F)c1ccc(Cn2cnc3c(NCCOc4ccccc4)nc(-c4ccc(N5CCOCC5)nc4)nc32)cc1. The Morgan fingerprint density at radius 3 is 2.40 bits per heavy atom. The lowest BCUT2D eigenvalue weighted by Crippen LogP contribution is -2.36. The van der Waals surface area contributed by atoms with E-state index in [0.29, 0.717) is 54.7 Å². The van der Waals surface area contributed by atoms with Crippen LogP contribution in [0.1, 0.15) is 11.1 Å². The molecule has 0 atom stereocenters. The van der Waals surface area contributed by atoms with Crippen LogP contribution in [0.5, 0.6) is 5.75 Å². The molecule has 1 fully saturated rings. The molecule has 5 aromatic rings. The molecule has 6 rings (SSSR count). The van der Waals surface area contributed by atoms with E-state index in [4.69, 9.17) is 19.4 Å². The van der Waals surface area contributed by atoms with Crippen LogP contribution < -0.4 is 15.0 Å². The molecule has 1 aliphatic rings. The van der Waals surface area contributed by atoms with E-state index in [1.807, 2.05) is 42.5 Å². The fraction of sp³-hybridized carbons (Fsp3) is 0.267. The number of benzene rings is 2. The summed E-state index contributed by atoms with van der Waals surface area (Å²) in [5.74, 6) is 2.59. The summed E-state index contributed by atoms with van der Waals surface area (Å²) in [7, 11) is 0. The van der Waals surface area contributed by atoms with Crippen molar-refractivity contribution in [3.05, 3.63) is 90.4 Å². The quantitative estimate of drug-likeness (QED) is 0.238. The number of nitrogens with zero attached hydrogens (tertiary/aromatic N) is 6. The van der Waals surface area contributed by atoms with Crippen LogP contribution >= 0.6 is 0 Å². The Morgan fingerprint density at radius 1 is 0.905 bits per heavy atom. The van der Waals surface area contributed by atoms with E-state index < -0.39 is 11.7 Å². The van der Waals surface area contributed by atoms with Crippen molar-refractivity contribution >= 4 is 22.8 Å². The first-order valence-corrected chi connectivity index (χ1v) is 13.5. The summed E-state index contributed by atoms with van der Waals surface area (Å²) in [6.45, 7) is 4.02. The Balaban J connectivity index is 1.28. The van der Waals surface area contributed by atoms with Crippen molar-refractivity contribution in [2.24, 2.45) is 0 Å². The second-order valence-electron chi connectivity index (χ2n) is 9.73. The molecule has 0 aliphatic carbocycles. The van der Waals surface area contributed by atoms with Crippen LogP contribution in [0, 0.1) is 0 Å². The molecular formula is C30H28F3N7O2. The van der Waals surface area contributed by atoms with Gasteiger partial charge in [0.05, 0.1) is 38.2 Å². The minimum atomic E-state index is -4.39. The van der Waals surface area contributed by atoms with E-state index in [9.17, 15) is 13.2 Å². The van der Waals surface area contributed by atoms with E-state index in [-0.39, 0.29) is 6.54 Å². The number of fused-ring (bicyclic) bond motifs is 1. The minimum Gasteiger partial charge on any atom is -0.492 e. The second kappa shape index (κ2) is 12.0. The lowest BCUT2D eigenvalue weighted by atomic mass is 10.1. The molecule has 4 heterocycles. The molecule has 1 aliphatic heterocycles. The van der Waals surface area contributed by atoms with Crippen LogP contribution in [-0.4, -0.2) is 64.0 Å². The summed E-state index contributed by atoms with van der Waals surface area (Å²) in [6, 6.07) is 18.5. The number of pyridine rings is 1. The summed E-state index contributed by atoms with van der Waals surface area (Å²) in [4.78, 5) is 20.9. The largest absolute Gasteiger partial charge is 0.492 e. The smallest absolute Gasteiger partial charge is 0.416 e. The van der Waals surface area contributed by atoms with Crippen molar-refractivity contribution in [1.29, 1.82) is 0 Å². The van der Waals surface area contributed by atoms with Gasteiger partial charge in [-0.15, -0.1) is 0 Å². The van der Waals surface area contributed by atoms with Gasteiger partial charge in [0.2, 0.25) is 0 Å². The molecule has 0 saturated carbocycles.